The van der Waals surface area contributed by atoms with E-state index in [0.717, 1.165) is 13.0 Å². The summed E-state index contributed by atoms with van der Waals surface area (Å²) in [5.41, 5.74) is 0.313. The van der Waals surface area contributed by atoms with E-state index in [2.05, 4.69) is 27.7 Å². The molecule has 14 heavy (non-hydrogen) atoms. The fourth-order valence-corrected chi connectivity index (χ4v) is 2.74. The van der Waals surface area contributed by atoms with E-state index in [0.29, 0.717) is 17.4 Å². The molecule has 0 N–H and O–H groups in total. The third-order valence-electron chi connectivity index (χ3n) is 3.50. The zero-order chi connectivity index (χ0) is 10.9. The van der Waals surface area contributed by atoms with Crippen LogP contribution in [0.1, 0.15) is 47.5 Å². The number of likely N-dealkylation sites (tertiary alicyclic amines) is 1. The van der Waals surface area contributed by atoms with Crippen LogP contribution in [0, 0.1) is 11.3 Å². The van der Waals surface area contributed by atoms with Gasteiger partial charge in [-0.15, -0.1) is 0 Å². The maximum atomic E-state index is 11.4. The molecule has 1 aliphatic heterocycles. The Morgan fingerprint density at radius 2 is 1.93 bits per heavy atom. The molecule has 0 saturated carbocycles. The predicted molar refractivity (Wildman–Crippen MR) is 59.0 cm³/mol. The Hall–Kier alpha value is -0.530. The lowest BCUT2D eigenvalue weighted by Crippen LogP contribution is -2.49. The van der Waals surface area contributed by atoms with Crippen LogP contribution in [0.15, 0.2) is 0 Å². The molecule has 0 aromatic carbocycles. The van der Waals surface area contributed by atoms with Crippen molar-refractivity contribution in [2.75, 3.05) is 6.54 Å². The Kier molecular flexibility index (Phi) is 3.23. The van der Waals surface area contributed by atoms with Gasteiger partial charge in [0.1, 0.15) is 0 Å². The van der Waals surface area contributed by atoms with Crippen molar-refractivity contribution in [2.45, 2.75) is 53.5 Å². The number of hydrogen-bond donors (Lipinski definition) is 0. The van der Waals surface area contributed by atoms with Gasteiger partial charge in [0.25, 0.3) is 0 Å². The van der Waals surface area contributed by atoms with Gasteiger partial charge in [0.2, 0.25) is 5.91 Å². The summed E-state index contributed by atoms with van der Waals surface area (Å²) in [5, 5.41) is 0. The molecule has 0 spiro atoms. The molecule has 2 heteroatoms. The molecule has 1 saturated heterocycles. The molecule has 82 valence electrons. The number of amides is 1. The molecule has 1 aliphatic rings. The summed E-state index contributed by atoms with van der Waals surface area (Å²) < 4.78 is 0. The van der Waals surface area contributed by atoms with Crippen LogP contribution in [0.25, 0.3) is 0 Å². The number of nitrogens with zero attached hydrogens (tertiary/aromatic N) is 1. The first-order valence-electron chi connectivity index (χ1n) is 5.61. The SMILES string of the molecule is CC(=O)N1CCC[C@@H](C(C)(C)C)[C@@H]1C. The second-order valence-corrected chi connectivity index (χ2v) is 5.57. The lowest BCUT2D eigenvalue weighted by Gasteiger charge is -2.45. The molecule has 2 atom stereocenters. The summed E-state index contributed by atoms with van der Waals surface area (Å²) in [4.78, 5) is 13.4. The van der Waals surface area contributed by atoms with Crippen LogP contribution in [-0.2, 0) is 4.79 Å². The molecule has 0 aromatic rings. The van der Waals surface area contributed by atoms with Crippen molar-refractivity contribution in [1.82, 2.24) is 4.90 Å². The Bertz CT molecular complexity index is 217. The minimum Gasteiger partial charge on any atom is -0.340 e. The maximum absolute atomic E-state index is 11.4. The van der Waals surface area contributed by atoms with E-state index in [1.807, 2.05) is 4.90 Å². The average molecular weight is 197 g/mol. The van der Waals surface area contributed by atoms with Gasteiger partial charge in [0.05, 0.1) is 0 Å². The Morgan fingerprint density at radius 3 is 2.36 bits per heavy atom. The highest BCUT2D eigenvalue weighted by Gasteiger charge is 2.36. The number of carbonyl (C=O) groups excluding carboxylic acids is 1. The summed E-state index contributed by atoms with van der Waals surface area (Å²) in [5.74, 6) is 0.867. The molecule has 1 fully saturated rings. The smallest absolute Gasteiger partial charge is 0.219 e. The molecule has 0 unspecified atom stereocenters. The minimum absolute atomic E-state index is 0.228. The number of rotatable bonds is 0. The fourth-order valence-electron chi connectivity index (χ4n) is 2.74. The number of carbonyl (C=O) groups is 1. The molecule has 0 aliphatic carbocycles. The van der Waals surface area contributed by atoms with Gasteiger partial charge >= 0.3 is 0 Å². The van der Waals surface area contributed by atoms with Crippen LogP contribution in [0.2, 0.25) is 0 Å². The molecule has 0 bridgehead atoms. The van der Waals surface area contributed by atoms with E-state index >= 15 is 0 Å². The third-order valence-corrected chi connectivity index (χ3v) is 3.50. The van der Waals surface area contributed by atoms with E-state index in [4.69, 9.17) is 0 Å². The Morgan fingerprint density at radius 1 is 1.36 bits per heavy atom. The minimum atomic E-state index is 0.228. The van der Waals surface area contributed by atoms with Crippen molar-refractivity contribution < 1.29 is 4.79 Å². The Balaban J connectivity index is 2.76. The second-order valence-electron chi connectivity index (χ2n) is 5.57. The quantitative estimate of drug-likeness (QED) is 0.584. The van der Waals surface area contributed by atoms with E-state index < -0.39 is 0 Å². The van der Waals surface area contributed by atoms with Gasteiger partial charge in [-0.25, -0.2) is 0 Å². The van der Waals surface area contributed by atoms with E-state index in [1.54, 1.807) is 6.92 Å². The van der Waals surface area contributed by atoms with Crippen molar-refractivity contribution in [3.63, 3.8) is 0 Å². The lowest BCUT2D eigenvalue weighted by molar-refractivity contribution is -0.134. The van der Waals surface area contributed by atoms with E-state index in [9.17, 15) is 4.79 Å². The van der Waals surface area contributed by atoms with Gasteiger partial charge in [-0.3, -0.25) is 4.79 Å². The number of piperidine rings is 1. The number of hydrogen-bond acceptors (Lipinski definition) is 1. The fraction of sp³-hybridized carbons (Fsp3) is 0.917. The summed E-state index contributed by atoms with van der Waals surface area (Å²) in [6, 6.07) is 0.404. The molecule has 0 aromatic heterocycles. The van der Waals surface area contributed by atoms with Gasteiger partial charge in [0.15, 0.2) is 0 Å². The monoisotopic (exact) mass is 197 g/mol. The van der Waals surface area contributed by atoms with Crippen molar-refractivity contribution in [3.8, 4) is 0 Å². The normalized spacial score (nSPS) is 29.1. The van der Waals surface area contributed by atoms with Crippen molar-refractivity contribution >= 4 is 5.91 Å². The van der Waals surface area contributed by atoms with Gasteiger partial charge in [0, 0.05) is 19.5 Å². The molecule has 0 radical (unpaired) electrons. The van der Waals surface area contributed by atoms with E-state index in [-0.39, 0.29) is 5.91 Å². The van der Waals surface area contributed by atoms with Crippen LogP contribution < -0.4 is 0 Å². The molecule has 1 rings (SSSR count). The Labute approximate surface area is 87.7 Å². The first kappa shape index (κ1) is 11.5. The average Bonchev–Trinajstić information content (AvgIpc) is 2.01. The zero-order valence-electron chi connectivity index (χ0n) is 10.1. The van der Waals surface area contributed by atoms with Crippen molar-refractivity contribution in [3.05, 3.63) is 0 Å². The van der Waals surface area contributed by atoms with Gasteiger partial charge < -0.3 is 4.90 Å². The highest BCUT2D eigenvalue weighted by Crippen LogP contribution is 2.37. The summed E-state index contributed by atoms with van der Waals surface area (Å²) >= 11 is 0. The molecular weight excluding hydrogens is 174 g/mol. The van der Waals surface area contributed by atoms with Gasteiger partial charge in [-0.1, -0.05) is 20.8 Å². The lowest BCUT2D eigenvalue weighted by atomic mass is 9.72. The van der Waals surface area contributed by atoms with E-state index in [1.165, 1.54) is 6.42 Å². The first-order chi connectivity index (χ1) is 6.34. The maximum Gasteiger partial charge on any atom is 0.219 e. The van der Waals surface area contributed by atoms with Crippen LogP contribution in [0.3, 0.4) is 0 Å². The third kappa shape index (κ3) is 2.28. The standard InChI is InChI=1S/C12H23NO/c1-9-11(12(3,4)5)7-6-8-13(9)10(2)14/h9,11H,6-8H2,1-5H3/t9-,11+/m0/s1. The molecular formula is C12H23NO. The van der Waals surface area contributed by atoms with Crippen LogP contribution in [0.5, 0.6) is 0 Å². The second kappa shape index (κ2) is 3.92. The van der Waals surface area contributed by atoms with Gasteiger partial charge in [-0.2, -0.15) is 0 Å². The summed E-state index contributed by atoms with van der Waals surface area (Å²) in [6.45, 7) is 11.6. The van der Waals surface area contributed by atoms with Crippen LogP contribution in [-0.4, -0.2) is 23.4 Å². The topological polar surface area (TPSA) is 20.3 Å². The first-order valence-corrected chi connectivity index (χ1v) is 5.61. The summed E-state index contributed by atoms with van der Waals surface area (Å²) in [6.07, 6.45) is 2.42. The largest absolute Gasteiger partial charge is 0.340 e. The highest BCUT2D eigenvalue weighted by molar-refractivity contribution is 5.73. The molecule has 1 amide bonds. The van der Waals surface area contributed by atoms with Crippen LogP contribution in [0.4, 0.5) is 0 Å². The predicted octanol–water partition coefficient (Wildman–Crippen LogP) is 2.68. The summed E-state index contributed by atoms with van der Waals surface area (Å²) in [7, 11) is 0. The van der Waals surface area contributed by atoms with Crippen molar-refractivity contribution in [2.24, 2.45) is 11.3 Å². The van der Waals surface area contributed by atoms with Gasteiger partial charge in [-0.05, 0) is 31.1 Å². The molecule has 1 heterocycles. The highest BCUT2D eigenvalue weighted by atomic mass is 16.2. The van der Waals surface area contributed by atoms with Crippen molar-refractivity contribution in [1.29, 1.82) is 0 Å². The zero-order valence-corrected chi connectivity index (χ0v) is 10.1. The van der Waals surface area contributed by atoms with Crippen LogP contribution >= 0.6 is 0 Å². The molecule has 2 nitrogen and oxygen atoms in total.